The quantitative estimate of drug-likeness (QED) is 0.313. The third-order valence-electron chi connectivity index (χ3n) is 5.41. The Hall–Kier alpha value is -4.23. The molecule has 0 radical (unpaired) electrons. The van der Waals surface area contributed by atoms with E-state index >= 15 is 0 Å². The smallest absolute Gasteiger partial charge is 0.235 e. The lowest BCUT2D eigenvalue weighted by atomic mass is 9.97. The second-order valence-corrected chi connectivity index (χ2v) is 8.45. The van der Waals surface area contributed by atoms with E-state index in [9.17, 15) is 0 Å². The van der Waals surface area contributed by atoms with Crippen LogP contribution in [0.4, 0.5) is 0 Å². The summed E-state index contributed by atoms with van der Waals surface area (Å²) < 4.78 is 13.0. The van der Waals surface area contributed by atoms with E-state index in [1.165, 1.54) is 11.3 Å². The standard InChI is InChI=1S/C26H18N4O2S/c1-31-20-13-11-18(12-14-20)21(17-7-3-2-4-8-17)16-24-29-30-25(27-28-26(30)33-24)23-15-19-9-5-6-10-22(19)32-23/h2-16H,1H3/b21-16+. The summed E-state index contributed by atoms with van der Waals surface area (Å²) in [4.78, 5) is 0.707. The van der Waals surface area contributed by atoms with Crippen LogP contribution in [-0.4, -0.2) is 26.9 Å². The van der Waals surface area contributed by atoms with Crippen molar-refractivity contribution >= 4 is 38.9 Å². The highest BCUT2D eigenvalue weighted by Gasteiger charge is 2.17. The molecule has 3 aromatic carbocycles. The average molecular weight is 451 g/mol. The van der Waals surface area contributed by atoms with Crippen molar-refractivity contribution in [2.24, 2.45) is 0 Å². The van der Waals surface area contributed by atoms with Gasteiger partial charge in [-0.25, -0.2) is 0 Å². The van der Waals surface area contributed by atoms with Crippen LogP contribution in [0.5, 0.6) is 5.75 Å². The first-order chi connectivity index (χ1) is 16.3. The van der Waals surface area contributed by atoms with Crippen molar-refractivity contribution in [3.63, 3.8) is 0 Å². The number of aromatic nitrogens is 4. The molecular weight excluding hydrogens is 432 g/mol. The lowest BCUT2D eigenvalue weighted by Crippen LogP contribution is -1.91. The Bertz CT molecular complexity index is 1560. The second kappa shape index (κ2) is 8.03. The minimum Gasteiger partial charge on any atom is -0.497 e. The fraction of sp³-hybridized carbons (Fsp3) is 0.0385. The van der Waals surface area contributed by atoms with Crippen LogP contribution in [0.1, 0.15) is 16.1 Å². The highest BCUT2D eigenvalue weighted by Crippen LogP contribution is 2.31. The number of methoxy groups -OCH3 is 1. The molecular formula is C26H18N4O2S. The fourth-order valence-electron chi connectivity index (χ4n) is 3.78. The number of para-hydroxylation sites is 1. The number of benzene rings is 3. The van der Waals surface area contributed by atoms with Gasteiger partial charge in [0.15, 0.2) is 5.76 Å². The molecule has 0 fully saturated rings. The van der Waals surface area contributed by atoms with Gasteiger partial charge in [0.05, 0.1) is 7.11 Å². The molecule has 0 aliphatic heterocycles. The van der Waals surface area contributed by atoms with Gasteiger partial charge in [0.2, 0.25) is 10.8 Å². The molecule has 6 nitrogen and oxygen atoms in total. The Balaban J connectivity index is 1.45. The van der Waals surface area contributed by atoms with Gasteiger partial charge in [-0.2, -0.15) is 9.61 Å². The van der Waals surface area contributed by atoms with E-state index < -0.39 is 0 Å². The van der Waals surface area contributed by atoms with Crippen LogP contribution in [0.2, 0.25) is 0 Å². The van der Waals surface area contributed by atoms with Crippen LogP contribution in [0.25, 0.3) is 39.2 Å². The highest BCUT2D eigenvalue weighted by atomic mass is 32.1. The number of fused-ring (bicyclic) bond motifs is 2. The van der Waals surface area contributed by atoms with E-state index in [0.29, 0.717) is 16.5 Å². The van der Waals surface area contributed by atoms with Gasteiger partial charge in [0.1, 0.15) is 16.3 Å². The predicted octanol–water partition coefficient (Wildman–Crippen LogP) is 6.20. The van der Waals surface area contributed by atoms with E-state index in [2.05, 4.69) is 40.5 Å². The maximum atomic E-state index is 5.99. The summed E-state index contributed by atoms with van der Waals surface area (Å²) in [6.07, 6.45) is 2.08. The number of rotatable bonds is 5. The summed E-state index contributed by atoms with van der Waals surface area (Å²) in [5, 5.41) is 15.3. The predicted molar refractivity (Wildman–Crippen MR) is 130 cm³/mol. The van der Waals surface area contributed by atoms with E-state index in [-0.39, 0.29) is 0 Å². The van der Waals surface area contributed by atoms with Crippen molar-refractivity contribution in [2.45, 2.75) is 0 Å². The molecule has 0 aliphatic rings. The van der Waals surface area contributed by atoms with Gasteiger partial charge in [0, 0.05) is 5.39 Å². The summed E-state index contributed by atoms with van der Waals surface area (Å²) in [5.41, 5.74) is 4.05. The summed E-state index contributed by atoms with van der Waals surface area (Å²) in [6, 6.07) is 28.1. The molecule has 0 saturated carbocycles. The van der Waals surface area contributed by atoms with E-state index in [0.717, 1.165) is 38.4 Å². The zero-order chi connectivity index (χ0) is 22.2. The second-order valence-electron chi connectivity index (χ2n) is 7.46. The molecule has 6 aromatic rings. The molecule has 0 unspecified atom stereocenters. The molecule has 0 aliphatic carbocycles. The topological polar surface area (TPSA) is 65.5 Å². The van der Waals surface area contributed by atoms with Crippen molar-refractivity contribution in [1.82, 2.24) is 19.8 Å². The van der Waals surface area contributed by atoms with Crippen LogP contribution in [0.15, 0.2) is 89.3 Å². The lowest BCUT2D eigenvalue weighted by Gasteiger charge is -2.09. The average Bonchev–Trinajstić information content (AvgIpc) is 3.57. The number of hydrogen-bond acceptors (Lipinski definition) is 6. The van der Waals surface area contributed by atoms with Gasteiger partial charge in [-0.1, -0.05) is 72.0 Å². The summed E-state index contributed by atoms with van der Waals surface area (Å²) in [5.74, 6) is 2.05. The highest BCUT2D eigenvalue weighted by molar-refractivity contribution is 7.17. The zero-order valence-electron chi connectivity index (χ0n) is 17.7. The molecule has 7 heteroatoms. The van der Waals surface area contributed by atoms with Crippen molar-refractivity contribution in [1.29, 1.82) is 0 Å². The summed E-state index contributed by atoms with van der Waals surface area (Å²) >= 11 is 1.48. The maximum absolute atomic E-state index is 5.99. The molecule has 3 heterocycles. The molecule has 6 rings (SSSR count). The van der Waals surface area contributed by atoms with Gasteiger partial charge in [-0.3, -0.25) is 0 Å². The third-order valence-corrected chi connectivity index (χ3v) is 6.25. The number of ether oxygens (including phenoxy) is 1. The molecule has 33 heavy (non-hydrogen) atoms. The summed E-state index contributed by atoms with van der Waals surface area (Å²) in [7, 11) is 1.67. The van der Waals surface area contributed by atoms with Crippen LogP contribution in [-0.2, 0) is 0 Å². The van der Waals surface area contributed by atoms with Crippen molar-refractivity contribution in [2.75, 3.05) is 7.11 Å². The largest absolute Gasteiger partial charge is 0.497 e. The number of nitrogens with zero attached hydrogens (tertiary/aromatic N) is 4. The first-order valence-electron chi connectivity index (χ1n) is 10.4. The van der Waals surface area contributed by atoms with Gasteiger partial charge in [-0.15, -0.1) is 10.2 Å². The Kier molecular flexibility index (Phi) is 4.74. The van der Waals surface area contributed by atoms with Gasteiger partial charge >= 0.3 is 0 Å². The van der Waals surface area contributed by atoms with Gasteiger partial charge in [-0.05, 0) is 47.0 Å². The van der Waals surface area contributed by atoms with Gasteiger partial charge in [0.25, 0.3) is 0 Å². The molecule has 0 amide bonds. The molecule has 160 valence electrons. The van der Waals surface area contributed by atoms with E-state index in [1.807, 2.05) is 60.7 Å². The van der Waals surface area contributed by atoms with E-state index in [1.54, 1.807) is 11.6 Å². The Morgan fingerprint density at radius 3 is 2.45 bits per heavy atom. The Morgan fingerprint density at radius 1 is 0.909 bits per heavy atom. The zero-order valence-corrected chi connectivity index (χ0v) is 18.5. The first-order valence-corrected chi connectivity index (χ1v) is 11.2. The number of furan rings is 1. The first kappa shape index (κ1) is 19.5. The molecule has 0 N–H and O–H groups in total. The molecule has 0 bridgehead atoms. The Morgan fingerprint density at radius 2 is 1.67 bits per heavy atom. The third kappa shape index (κ3) is 3.58. The minimum absolute atomic E-state index is 0.586. The normalized spacial score (nSPS) is 12.0. The minimum atomic E-state index is 0.586. The van der Waals surface area contributed by atoms with Crippen molar-refractivity contribution in [3.8, 4) is 17.3 Å². The van der Waals surface area contributed by atoms with E-state index in [4.69, 9.17) is 14.3 Å². The van der Waals surface area contributed by atoms with Crippen LogP contribution >= 0.6 is 11.3 Å². The molecule has 0 saturated heterocycles. The van der Waals surface area contributed by atoms with Crippen LogP contribution in [0.3, 0.4) is 0 Å². The number of hydrogen-bond donors (Lipinski definition) is 0. The van der Waals surface area contributed by atoms with Crippen LogP contribution in [0, 0.1) is 0 Å². The maximum Gasteiger partial charge on any atom is 0.235 e. The van der Waals surface area contributed by atoms with Crippen molar-refractivity contribution < 1.29 is 9.15 Å². The monoisotopic (exact) mass is 450 g/mol. The van der Waals surface area contributed by atoms with Gasteiger partial charge < -0.3 is 9.15 Å². The van der Waals surface area contributed by atoms with Crippen LogP contribution < -0.4 is 4.74 Å². The SMILES string of the molecule is COc1ccc(/C(=C/c2nn3c(-c4cc5ccccc5o4)nnc3s2)c2ccccc2)cc1. The summed E-state index contributed by atoms with van der Waals surface area (Å²) in [6.45, 7) is 0. The molecule has 3 aromatic heterocycles. The van der Waals surface area contributed by atoms with Crippen molar-refractivity contribution in [3.05, 3.63) is 101 Å². The molecule has 0 spiro atoms. The Labute approximate surface area is 193 Å². The molecule has 0 atom stereocenters. The lowest BCUT2D eigenvalue weighted by molar-refractivity contribution is 0.415. The fourth-order valence-corrected chi connectivity index (χ4v) is 4.56.